The van der Waals surface area contributed by atoms with Crippen molar-refractivity contribution in [2.45, 2.75) is 12.5 Å². The molecule has 1 amide bonds. The molecule has 0 unspecified atom stereocenters. The summed E-state index contributed by atoms with van der Waals surface area (Å²) in [5.41, 5.74) is -0.126. The van der Waals surface area contributed by atoms with Crippen molar-refractivity contribution in [1.29, 1.82) is 0 Å². The number of thioether (sulfide) groups is 1. The maximum Gasteiger partial charge on any atom is 0.330 e. The first-order valence-electron chi connectivity index (χ1n) is 7.07. The zero-order valence-corrected chi connectivity index (χ0v) is 13.5. The Kier molecular flexibility index (Phi) is 3.85. The van der Waals surface area contributed by atoms with Crippen LogP contribution in [0.4, 0.5) is 0 Å². The van der Waals surface area contributed by atoms with Gasteiger partial charge in [-0.2, -0.15) is 0 Å². The molecule has 1 aromatic heterocycles. The lowest BCUT2D eigenvalue weighted by atomic mass is 10.1. The van der Waals surface area contributed by atoms with Crippen molar-refractivity contribution in [3.8, 4) is 0 Å². The van der Waals surface area contributed by atoms with Crippen LogP contribution in [-0.4, -0.2) is 32.0 Å². The number of benzene rings is 1. The van der Waals surface area contributed by atoms with E-state index in [-0.39, 0.29) is 16.1 Å². The van der Waals surface area contributed by atoms with Gasteiger partial charge in [-0.25, -0.2) is 4.79 Å². The Balaban J connectivity index is 2.03. The fourth-order valence-corrected chi connectivity index (χ4v) is 3.54. The summed E-state index contributed by atoms with van der Waals surface area (Å²) in [4.78, 5) is 48.0. The number of carbonyl (C=O) groups excluding carboxylic acids is 2. The third kappa shape index (κ3) is 2.59. The lowest BCUT2D eigenvalue weighted by molar-refractivity contribution is -0.112. The van der Waals surface area contributed by atoms with E-state index in [9.17, 15) is 19.2 Å². The van der Waals surface area contributed by atoms with Gasteiger partial charge in [0.2, 0.25) is 5.12 Å². The number of aromatic nitrogens is 2. The minimum Gasteiger partial charge on any atom is -0.341 e. The molecule has 0 radical (unpaired) electrons. The maximum absolute atomic E-state index is 12.3. The molecule has 1 aliphatic rings. The standard InChI is InChI=1S/C15H15N3O4S/c1-17-11-4-3-8(7-9(11)13(20)18(2)15(17)22)12(19)16-10-5-6-23-14(10)21/h3-4,7,10H,5-6H2,1-2H3,(H,16,19)/t10-/m0/s1. The maximum atomic E-state index is 12.3. The Morgan fingerprint density at radius 1 is 1.22 bits per heavy atom. The number of hydrogen-bond acceptors (Lipinski definition) is 5. The van der Waals surface area contributed by atoms with Crippen molar-refractivity contribution >= 4 is 33.7 Å². The van der Waals surface area contributed by atoms with E-state index in [1.54, 1.807) is 19.2 Å². The Hall–Kier alpha value is -2.35. The molecule has 0 saturated carbocycles. The molecule has 1 aromatic carbocycles. The lowest BCUT2D eigenvalue weighted by Gasteiger charge is -2.12. The first-order valence-corrected chi connectivity index (χ1v) is 8.06. The van der Waals surface area contributed by atoms with Gasteiger partial charge in [0.25, 0.3) is 11.5 Å². The van der Waals surface area contributed by atoms with Crippen LogP contribution in [0.25, 0.3) is 10.9 Å². The highest BCUT2D eigenvalue weighted by Gasteiger charge is 2.27. The molecule has 1 atom stereocenters. The summed E-state index contributed by atoms with van der Waals surface area (Å²) in [6.45, 7) is 0. The summed E-state index contributed by atoms with van der Waals surface area (Å²) in [7, 11) is 2.96. The molecule has 2 aromatic rings. The van der Waals surface area contributed by atoms with E-state index in [1.165, 1.54) is 29.4 Å². The summed E-state index contributed by atoms with van der Waals surface area (Å²) in [5.74, 6) is 0.299. The molecule has 0 bridgehead atoms. The number of rotatable bonds is 2. The van der Waals surface area contributed by atoms with Gasteiger partial charge in [-0.05, 0) is 24.6 Å². The van der Waals surface area contributed by atoms with E-state index >= 15 is 0 Å². The monoisotopic (exact) mass is 333 g/mol. The topological polar surface area (TPSA) is 90.2 Å². The highest BCUT2D eigenvalue weighted by molar-refractivity contribution is 8.14. The second-order valence-electron chi connectivity index (χ2n) is 5.42. The van der Waals surface area contributed by atoms with Crippen molar-refractivity contribution < 1.29 is 9.59 Å². The summed E-state index contributed by atoms with van der Waals surface area (Å²) >= 11 is 1.21. The summed E-state index contributed by atoms with van der Waals surface area (Å²) < 4.78 is 2.36. The molecule has 8 heteroatoms. The van der Waals surface area contributed by atoms with Crippen molar-refractivity contribution in [1.82, 2.24) is 14.5 Å². The third-order valence-corrected chi connectivity index (χ3v) is 4.98. The molecule has 0 aliphatic carbocycles. The Bertz CT molecular complexity index is 944. The van der Waals surface area contributed by atoms with Gasteiger partial charge in [0.15, 0.2) is 0 Å². The molecule has 1 fully saturated rings. The zero-order valence-electron chi connectivity index (χ0n) is 12.7. The molecule has 2 heterocycles. The van der Waals surface area contributed by atoms with Gasteiger partial charge in [-0.1, -0.05) is 11.8 Å². The van der Waals surface area contributed by atoms with Crippen LogP contribution in [0.3, 0.4) is 0 Å². The summed E-state index contributed by atoms with van der Waals surface area (Å²) in [5, 5.41) is 2.93. The van der Waals surface area contributed by atoms with E-state index < -0.39 is 23.2 Å². The van der Waals surface area contributed by atoms with Gasteiger partial charge in [0, 0.05) is 25.4 Å². The van der Waals surface area contributed by atoms with Crippen LogP contribution in [0.15, 0.2) is 27.8 Å². The SMILES string of the molecule is Cn1c(=O)c2cc(C(=O)N[C@H]3CCSC3=O)ccc2n(C)c1=O. The molecule has 1 aliphatic heterocycles. The number of hydrogen-bond donors (Lipinski definition) is 1. The van der Waals surface area contributed by atoms with Gasteiger partial charge < -0.3 is 5.32 Å². The smallest absolute Gasteiger partial charge is 0.330 e. The van der Waals surface area contributed by atoms with Crippen LogP contribution in [0.5, 0.6) is 0 Å². The molecule has 1 saturated heterocycles. The van der Waals surface area contributed by atoms with Crippen LogP contribution in [0.2, 0.25) is 0 Å². The van der Waals surface area contributed by atoms with E-state index in [2.05, 4.69) is 5.32 Å². The van der Waals surface area contributed by atoms with Crippen LogP contribution in [-0.2, 0) is 18.9 Å². The molecule has 23 heavy (non-hydrogen) atoms. The number of fused-ring (bicyclic) bond motifs is 1. The Morgan fingerprint density at radius 2 is 1.96 bits per heavy atom. The minimum atomic E-state index is -0.480. The number of aryl methyl sites for hydroxylation is 1. The first kappa shape index (κ1) is 15.5. The third-order valence-electron chi connectivity index (χ3n) is 3.97. The normalized spacial score (nSPS) is 17.7. The first-order chi connectivity index (χ1) is 10.9. The number of nitrogens with zero attached hydrogens (tertiary/aromatic N) is 2. The molecule has 120 valence electrons. The lowest BCUT2D eigenvalue weighted by Crippen LogP contribution is -2.38. The number of carbonyl (C=O) groups is 2. The van der Waals surface area contributed by atoms with Crippen LogP contribution in [0, 0.1) is 0 Å². The Morgan fingerprint density at radius 3 is 2.61 bits per heavy atom. The predicted molar refractivity (Wildman–Crippen MR) is 87.8 cm³/mol. The van der Waals surface area contributed by atoms with Gasteiger partial charge in [0.05, 0.1) is 16.9 Å². The van der Waals surface area contributed by atoms with Gasteiger partial charge in [0.1, 0.15) is 0 Å². The van der Waals surface area contributed by atoms with Crippen molar-refractivity contribution in [3.05, 3.63) is 44.6 Å². The molecule has 3 rings (SSSR count). The predicted octanol–water partition coefficient (Wildman–Crippen LogP) is -0.000900. The van der Waals surface area contributed by atoms with E-state index in [0.717, 1.165) is 4.57 Å². The van der Waals surface area contributed by atoms with E-state index in [4.69, 9.17) is 0 Å². The Labute approximate surface area is 135 Å². The number of amides is 1. The van der Waals surface area contributed by atoms with Gasteiger partial charge in [-0.15, -0.1) is 0 Å². The average Bonchev–Trinajstić information content (AvgIpc) is 2.95. The second-order valence-corrected chi connectivity index (χ2v) is 6.52. The molecular weight excluding hydrogens is 318 g/mol. The molecule has 1 N–H and O–H groups in total. The van der Waals surface area contributed by atoms with Gasteiger partial charge >= 0.3 is 5.69 Å². The van der Waals surface area contributed by atoms with Crippen LogP contribution in [0.1, 0.15) is 16.8 Å². The highest BCUT2D eigenvalue weighted by Crippen LogP contribution is 2.20. The van der Waals surface area contributed by atoms with Crippen LogP contribution < -0.4 is 16.6 Å². The van der Waals surface area contributed by atoms with E-state index in [0.29, 0.717) is 17.7 Å². The van der Waals surface area contributed by atoms with Gasteiger partial charge in [-0.3, -0.25) is 23.5 Å². The largest absolute Gasteiger partial charge is 0.341 e. The fraction of sp³-hybridized carbons (Fsp3) is 0.333. The fourth-order valence-electron chi connectivity index (χ4n) is 2.61. The summed E-state index contributed by atoms with van der Waals surface area (Å²) in [6, 6.07) is 4.09. The zero-order chi connectivity index (χ0) is 16.7. The second kappa shape index (κ2) is 5.69. The van der Waals surface area contributed by atoms with Crippen molar-refractivity contribution in [3.63, 3.8) is 0 Å². The molecule has 0 spiro atoms. The number of nitrogens with one attached hydrogen (secondary N) is 1. The van der Waals surface area contributed by atoms with Crippen LogP contribution >= 0.6 is 11.8 Å². The minimum absolute atomic E-state index is 0.0440. The van der Waals surface area contributed by atoms with Crippen molar-refractivity contribution in [2.75, 3.05) is 5.75 Å². The molecular formula is C15H15N3O4S. The summed E-state index contributed by atoms with van der Waals surface area (Å²) in [6.07, 6.45) is 0.610. The van der Waals surface area contributed by atoms with Crippen molar-refractivity contribution in [2.24, 2.45) is 14.1 Å². The average molecular weight is 333 g/mol. The quantitative estimate of drug-likeness (QED) is 0.835. The highest BCUT2D eigenvalue weighted by atomic mass is 32.2. The van der Waals surface area contributed by atoms with E-state index in [1.807, 2.05) is 0 Å². The molecule has 7 nitrogen and oxygen atoms in total.